The molecule has 40 heavy (non-hydrogen) atoms. The molecule has 194 valence electrons. The average Bonchev–Trinajstić information content (AvgIpc) is 2.96. The lowest BCUT2D eigenvalue weighted by molar-refractivity contribution is 1.18. The zero-order chi connectivity index (χ0) is 27.6. The van der Waals surface area contributed by atoms with Gasteiger partial charge >= 0.3 is 0 Å². The zero-order valence-corrected chi connectivity index (χ0v) is 23.4. The lowest BCUT2D eigenvalue weighted by atomic mass is 9.97. The summed E-state index contributed by atoms with van der Waals surface area (Å²) < 4.78 is 0. The molecule has 2 nitrogen and oxygen atoms in total. The predicted octanol–water partition coefficient (Wildman–Crippen LogP) is 10.0. The molecule has 0 atom stereocenters. The Morgan fingerprint density at radius 3 is 1.18 bits per heavy atom. The summed E-state index contributed by atoms with van der Waals surface area (Å²) in [6, 6.07) is 43.1. The summed E-state index contributed by atoms with van der Waals surface area (Å²) in [4.78, 5) is 10.1. The highest BCUT2D eigenvalue weighted by molar-refractivity contribution is 5.78. The standard InChI is InChI=1S/C38H32N2/c1-25-16-26(2)19-34(18-25)30-12-8-14-32(22-30)36-24-37(40-38(39-36)29-10-6-5-7-11-29)33-15-9-13-31(23-33)35-20-27(3)17-28(4)21-35/h5-24H,1-4H3. The van der Waals surface area contributed by atoms with Crippen molar-refractivity contribution in [2.45, 2.75) is 27.7 Å². The van der Waals surface area contributed by atoms with Crippen LogP contribution in [0.2, 0.25) is 0 Å². The van der Waals surface area contributed by atoms with E-state index < -0.39 is 0 Å². The van der Waals surface area contributed by atoms with Crippen LogP contribution in [-0.4, -0.2) is 9.97 Å². The summed E-state index contributed by atoms with van der Waals surface area (Å²) in [6.07, 6.45) is 0. The Morgan fingerprint density at radius 1 is 0.325 bits per heavy atom. The molecule has 0 aliphatic rings. The minimum atomic E-state index is 0.724. The topological polar surface area (TPSA) is 25.8 Å². The summed E-state index contributed by atoms with van der Waals surface area (Å²) >= 11 is 0. The molecule has 0 N–H and O–H groups in total. The number of hydrogen-bond donors (Lipinski definition) is 0. The number of nitrogens with zero attached hydrogens (tertiary/aromatic N) is 2. The van der Waals surface area contributed by atoms with E-state index in [-0.39, 0.29) is 0 Å². The van der Waals surface area contributed by atoms with Gasteiger partial charge in [-0.05, 0) is 68.1 Å². The smallest absolute Gasteiger partial charge is 0.160 e. The third-order valence-corrected chi connectivity index (χ3v) is 7.18. The van der Waals surface area contributed by atoms with Gasteiger partial charge in [0.05, 0.1) is 11.4 Å². The molecule has 0 amide bonds. The molecule has 1 aromatic heterocycles. The quantitative estimate of drug-likeness (QED) is 0.228. The normalized spacial score (nSPS) is 11.0. The first kappa shape index (κ1) is 25.5. The Balaban J connectivity index is 1.49. The maximum absolute atomic E-state index is 5.06. The van der Waals surface area contributed by atoms with E-state index in [0.717, 1.165) is 33.9 Å². The fraction of sp³-hybridized carbons (Fsp3) is 0.105. The first-order valence-corrected chi connectivity index (χ1v) is 13.7. The molecular weight excluding hydrogens is 484 g/mol. The van der Waals surface area contributed by atoms with E-state index in [1.807, 2.05) is 18.2 Å². The molecule has 1 heterocycles. The summed E-state index contributed by atoms with van der Waals surface area (Å²) in [7, 11) is 0. The second-order valence-corrected chi connectivity index (χ2v) is 10.7. The summed E-state index contributed by atoms with van der Waals surface area (Å²) in [5, 5.41) is 0. The summed E-state index contributed by atoms with van der Waals surface area (Å²) in [5.74, 6) is 0.724. The van der Waals surface area contributed by atoms with Gasteiger partial charge in [-0.1, -0.05) is 125 Å². The molecular formula is C38H32N2. The second kappa shape index (κ2) is 10.7. The molecule has 0 bridgehead atoms. The highest BCUT2D eigenvalue weighted by Crippen LogP contribution is 2.32. The zero-order valence-electron chi connectivity index (χ0n) is 23.4. The SMILES string of the molecule is Cc1cc(C)cc(-c2cccc(-c3cc(-c4cccc(-c5cc(C)cc(C)c5)c4)nc(-c4ccccc4)n3)c2)c1. The van der Waals surface area contributed by atoms with Crippen molar-refractivity contribution in [1.82, 2.24) is 9.97 Å². The lowest BCUT2D eigenvalue weighted by Gasteiger charge is -2.12. The highest BCUT2D eigenvalue weighted by Gasteiger charge is 2.12. The van der Waals surface area contributed by atoms with Gasteiger partial charge in [0.25, 0.3) is 0 Å². The van der Waals surface area contributed by atoms with E-state index in [2.05, 4.69) is 131 Å². The van der Waals surface area contributed by atoms with Gasteiger partial charge in [0.1, 0.15) is 0 Å². The predicted molar refractivity (Wildman–Crippen MR) is 168 cm³/mol. The van der Waals surface area contributed by atoms with Crippen molar-refractivity contribution >= 4 is 0 Å². The van der Waals surface area contributed by atoms with Crippen molar-refractivity contribution in [3.63, 3.8) is 0 Å². The van der Waals surface area contributed by atoms with Crippen molar-refractivity contribution in [3.8, 4) is 56.2 Å². The van der Waals surface area contributed by atoms with Crippen molar-refractivity contribution in [2.24, 2.45) is 0 Å². The first-order valence-electron chi connectivity index (χ1n) is 13.7. The van der Waals surface area contributed by atoms with Crippen molar-refractivity contribution in [3.05, 3.63) is 144 Å². The van der Waals surface area contributed by atoms with E-state index in [4.69, 9.17) is 9.97 Å². The Kier molecular flexibility index (Phi) is 6.84. The van der Waals surface area contributed by atoms with Crippen LogP contribution in [0.3, 0.4) is 0 Å². The highest BCUT2D eigenvalue weighted by atomic mass is 14.9. The van der Waals surface area contributed by atoms with Crippen LogP contribution in [0.5, 0.6) is 0 Å². The van der Waals surface area contributed by atoms with E-state index in [1.165, 1.54) is 44.5 Å². The third-order valence-electron chi connectivity index (χ3n) is 7.18. The van der Waals surface area contributed by atoms with Crippen LogP contribution in [0.15, 0.2) is 121 Å². The molecule has 5 aromatic carbocycles. The molecule has 6 aromatic rings. The fourth-order valence-electron chi connectivity index (χ4n) is 5.46. The van der Waals surface area contributed by atoms with Gasteiger partial charge in [0.15, 0.2) is 5.82 Å². The van der Waals surface area contributed by atoms with Crippen molar-refractivity contribution in [1.29, 1.82) is 0 Å². The number of benzene rings is 5. The summed E-state index contributed by atoms with van der Waals surface area (Å²) in [6.45, 7) is 8.59. The minimum absolute atomic E-state index is 0.724. The van der Waals surface area contributed by atoms with Crippen LogP contribution in [0.4, 0.5) is 0 Å². The van der Waals surface area contributed by atoms with Gasteiger partial charge in [-0.2, -0.15) is 0 Å². The molecule has 0 aliphatic heterocycles. The molecule has 0 saturated carbocycles. The van der Waals surface area contributed by atoms with Crippen LogP contribution < -0.4 is 0 Å². The average molecular weight is 517 g/mol. The van der Waals surface area contributed by atoms with E-state index in [1.54, 1.807) is 0 Å². The Bertz CT molecular complexity index is 1680. The molecule has 6 rings (SSSR count). The van der Waals surface area contributed by atoms with E-state index in [9.17, 15) is 0 Å². The monoisotopic (exact) mass is 516 g/mol. The number of aromatic nitrogens is 2. The van der Waals surface area contributed by atoms with Gasteiger partial charge in [0, 0.05) is 16.7 Å². The molecule has 0 unspecified atom stereocenters. The number of rotatable bonds is 5. The molecule has 2 heteroatoms. The third kappa shape index (κ3) is 5.48. The van der Waals surface area contributed by atoms with Gasteiger partial charge in [0.2, 0.25) is 0 Å². The second-order valence-electron chi connectivity index (χ2n) is 10.7. The van der Waals surface area contributed by atoms with Gasteiger partial charge < -0.3 is 0 Å². The van der Waals surface area contributed by atoms with Gasteiger partial charge in [-0.3, -0.25) is 0 Å². The maximum atomic E-state index is 5.06. The van der Waals surface area contributed by atoms with Crippen LogP contribution >= 0.6 is 0 Å². The lowest BCUT2D eigenvalue weighted by Crippen LogP contribution is -1.96. The van der Waals surface area contributed by atoms with Crippen LogP contribution in [-0.2, 0) is 0 Å². The number of hydrogen-bond acceptors (Lipinski definition) is 2. The Morgan fingerprint density at radius 2 is 0.725 bits per heavy atom. The van der Waals surface area contributed by atoms with Crippen molar-refractivity contribution in [2.75, 3.05) is 0 Å². The van der Waals surface area contributed by atoms with E-state index >= 15 is 0 Å². The Labute approximate surface area is 237 Å². The summed E-state index contributed by atoms with van der Waals surface area (Å²) in [5.41, 5.74) is 14.8. The first-order chi connectivity index (χ1) is 19.4. The van der Waals surface area contributed by atoms with Crippen LogP contribution in [0.1, 0.15) is 22.3 Å². The minimum Gasteiger partial charge on any atom is -0.228 e. The fourth-order valence-corrected chi connectivity index (χ4v) is 5.46. The van der Waals surface area contributed by atoms with E-state index in [0.29, 0.717) is 0 Å². The van der Waals surface area contributed by atoms with Gasteiger partial charge in [-0.25, -0.2) is 9.97 Å². The Hall–Kier alpha value is -4.82. The number of aryl methyl sites for hydroxylation is 4. The van der Waals surface area contributed by atoms with Gasteiger partial charge in [-0.15, -0.1) is 0 Å². The van der Waals surface area contributed by atoms with Crippen molar-refractivity contribution < 1.29 is 0 Å². The maximum Gasteiger partial charge on any atom is 0.160 e. The molecule has 0 saturated heterocycles. The van der Waals surface area contributed by atoms with Crippen LogP contribution in [0, 0.1) is 27.7 Å². The van der Waals surface area contributed by atoms with Crippen LogP contribution in [0.25, 0.3) is 56.2 Å². The molecule has 0 radical (unpaired) electrons. The largest absolute Gasteiger partial charge is 0.228 e. The molecule has 0 fully saturated rings. The molecule has 0 aliphatic carbocycles. The molecule has 0 spiro atoms.